The van der Waals surface area contributed by atoms with Crippen LogP contribution in [0, 0.1) is 20.8 Å². The van der Waals surface area contributed by atoms with Crippen LogP contribution in [-0.4, -0.2) is 4.98 Å². The van der Waals surface area contributed by atoms with E-state index in [1.54, 1.807) is 0 Å². The molecule has 1 aromatic heterocycles. The molecular formula is C16H20N2. The number of hydrogen-bond acceptors (Lipinski definition) is 2. The lowest BCUT2D eigenvalue weighted by molar-refractivity contribution is 0.701. The van der Waals surface area contributed by atoms with Crippen LogP contribution in [0.2, 0.25) is 0 Å². The molecule has 0 saturated heterocycles. The van der Waals surface area contributed by atoms with Gasteiger partial charge in [-0.3, -0.25) is 4.98 Å². The normalized spacial score (nSPS) is 12.4. The maximum Gasteiger partial charge on any atom is 0.0422 e. The molecule has 0 saturated carbocycles. The lowest BCUT2D eigenvalue weighted by Gasteiger charge is -2.15. The van der Waals surface area contributed by atoms with E-state index < -0.39 is 0 Å². The Morgan fingerprint density at radius 2 is 1.78 bits per heavy atom. The van der Waals surface area contributed by atoms with Gasteiger partial charge in [0.2, 0.25) is 0 Å². The molecule has 0 aliphatic heterocycles. The van der Waals surface area contributed by atoms with Crippen LogP contribution >= 0.6 is 0 Å². The lowest BCUT2D eigenvalue weighted by Crippen LogP contribution is -2.15. The third-order valence-corrected chi connectivity index (χ3v) is 3.23. The van der Waals surface area contributed by atoms with E-state index in [9.17, 15) is 0 Å². The second-order valence-corrected chi connectivity index (χ2v) is 5.00. The molecule has 0 aliphatic carbocycles. The number of aryl methyl sites for hydroxylation is 3. The van der Waals surface area contributed by atoms with Gasteiger partial charge in [-0.15, -0.1) is 0 Å². The molecule has 0 bridgehead atoms. The average Bonchev–Trinajstić information content (AvgIpc) is 2.32. The molecule has 2 aromatic rings. The molecule has 1 heterocycles. The van der Waals surface area contributed by atoms with Crippen molar-refractivity contribution in [2.45, 2.75) is 33.2 Å². The van der Waals surface area contributed by atoms with Crippen LogP contribution in [0.1, 0.15) is 34.0 Å². The summed E-state index contributed by atoms with van der Waals surface area (Å²) < 4.78 is 0. The van der Waals surface area contributed by atoms with E-state index >= 15 is 0 Å². The largest absolute Gasteiger partial charge is 0.324 e. The summed E-state index contributed by atoms with van der Waals surface area (Å²) in [5, 5.41) is 0. The first-order valence-electron chi connectivity index (χ1n) is 6.30. The number of aromatic nitrogens is 1. The van der Waals surface area contributed by atoms with E-state index in [2.05, 4.69) is 49.2 Å². The Morgan fingerprint density at radius 3 is 2.39 bits per heavy atom. The summed E-state index contributed by atoms with van der Waals surface area (Å²) in [6, 6.07) is 10.6. The fraction of sp³-hybridized carbons (Fsp3) is 0.312. The van der Waals surface area contributed by atoms with Crippen molar-refractivity contribution in [1.29, 1.82) is 0 Å². The van der Waals surface area contributed by atoms with Gasteiger partial charge >= 0.3 is 0 Å². The molecule has 0 spiro atoms. The van der Waals surface area contributed by atoms with Crippen molar-refractivity contribution in [3.05, 3.63) is 64.5 Å². The Hall–Kier alpha value is -1.67. The van der Waals surface area contributed by atoms with Gasteiger partial charge in [0.25, 0.3) is 0 Å². The molecule has 1 aromatic carbocycles. The second kappa shape index (κ2) is 5.32. The van der Waals surface area contributed by atoms with Crippen molar-refractivity contribution >= 4 is 0 Å². The maximum atomic E-state index is 6.28. The van der Waals surface area contributed by atoms with Crippen LogP contribution in [0.3, 0.4) is 0 Å². The lowest BCUT2D eigenvalue weighted by atomic mass is 9.96. The van der Waals surface area contributed by atoms with Gasteiger partial charge in [-0.1, -0.05) is 29.8 Å². The van der Waals surface area contributed by atoms with Crippen LogP contribution < -0.4 is 5.73 Å². The Kier molecular flexibility index (Phi) is 3.78. The van der Waals surface area contributed by atoms with Gasteiger partial charge in [-0.05, 0) is 43.5 Å². The zero-order chi connectivity index (χ0) is 13.1. The number of nitrogens with two attached hydrogens (primary N) is 1. The molecule has 2 nitrogen and oxygen atoms in total. The summed E-state index contributed by atoms with van der Waals surface area (Å²) in [6.45, 7) is 6.26. The summed E-state index contributed by atoms with van der Waals surface area (Å²) in [4.78, 5) is 4.41. The Morgan fingerprint density at radius 1 is 1.06 bits per heavy atom. The molecular weight excluding hydrogens is 220 g/mol. The average molecular weight is 240 g/mol. The van der Waals surface area contributed by atoms with E-state index in [4.69, 9.17) is 5.73 Å². The van der Waals surface area contributed by atoms with E-state index in [0.717, 1.165) is 12.1 Å². The molecule has 0 amide bonds. The molecule has 2 rings (SSSR count). The second-order valence-electron chi connectivity index (χ2n) is 5.00. The fourth-order valence-electron chi connectivity index (χ4n) is 2.20. The Bertz CT molecular complexity index is 529. The van der Waals surface area contributed by atoms with Gasteiger partial charge in [0, 0.05) is 24.4 Å². The van der Waals surface area contributed by atoms with Gasteiger partial charge in [0.15, 0.2) is 0 Å². The maximum absolute atomic E-state index is 6.28. The number of rotatable bonds is 3. The van der Waals surface area contributed by atoms with Gasteiger partial charge in [0.1, 0.15) is 0 Å². The van der Waals surface area contributed by atoms with E-state index in [1.165, 1.54) is 22.3 Å². The van der Waals surface area contributed by atoms with Crippen molar-refractivity contribution in [3.63, 3.8) is 0 Å². The van der Waals surface area contributed by atoms with Crippen molar-refractivity contribution in [3.8, 4) is 0 Å². The first-order valence-corrected chi connectivity index (χ1v) is 6.30. The first kappa shape index (κ1) is 12.8. The van der Waals surface area contributed by atoms with E-state index in [1.807, 2.05) is 13.1 Å². The number of nitrogens with zero attached hydrogens (tertiary/aromatic N) is 1. The number of benzene rings is 1. The van der Waals surface area contributed by atoms with Gasteiger partial charge in [-0.25, -0.2) is 0 Å². The summed E-state index contributed by atoms with van der Waals surface area (Å²) >= 11 is 0. The monoisotopic (exact) mass is 240 g/mol. The molecule has 2 N–H and O–H groups in total. The minimum absolute atomic E-state index is 0.0146. The molecule has 18 heavy (non-hydrogen) atoms. The quantitative estimate of drug-likeness (QED) is 0.894. The minimum atomic E-state index is 0.0146. The topological polar surface area (TPSA) is 38.9 Å². The summed E-state index contributed by atoms with van der Waals surface area (Å²) in [5.74, 6) is 0. The summed E-state index contributed by atoms with van der Waals surface area (Å²) in [6.07, 6.45) is 2.67. The summed E-state index contributed by atoms with van der Waals surface area (Å²) in [7, 11) is 0. The highest BCUT2D eigenvalue weighted by Gasteiger charge is 2.10. The van der Waals surface area contributed by atoms with E-state index in [-0.39, 0.29) is 6.04 Å². The summed E-state index contributed by atoms with van der Waals surface area (Å²) in [5.41, 5.74) is 12.2. The van der Waals surface area contributed by atoms with Crippen molar-refractivity contribution in [1.82, 2.24) is 4.98 Å². The molecule has 0 radical (unpaired) electrons. The Balaban J connectivity index is 2.16. The highest BCUT2D eigenvalue weighted by Crippen LogP contribution is 2.20. The molecule has 0 aliphatic rings. The van der Waals surface area contributed by atoms with E-state index in [0.29, 0.717) is 0 Å². The predicted octanol–water partition coefficient (Wildman–Crippen LogP) is 3.25. The third kappa shape index (κ3) is 2.96. The molecule has 0 fully saturated rings. The molecule has 94 valence electrons. The minimum Gasteiger partial charge on any atom is -0.324 e. The Labute approximate surface area is 109 Å². The van der Waals surface area contributed by atoms with Crippen LogP contribution in [0.15, 0.2) is 36.5 Å². The van der Waals surface area contributed by atoms with Gasteiger partial charge < -0.3 is 5.73 Å². The van der Waals surface area contributed by atoms with Crippen LogP contribution in [0.4, 0.5) is 0 Å². The van der Waals surface area contributed by atoms with Crippen LogP contribution in [-0.2, 0) is 6.42 Å². The fourth-order valence-corrected chi connectivity index (χ4v) is 2.20. The smallest absolute Gasteiger partial charge is 0.0422 e. The highest BCUT2D eigenvalue weighted by molar-refractivity contribution is 5.33. The molecule has 1 unspecified atom stereocenters. The zero-order valence-electron chi connectivity index (χ0n) is 11.3. The number of pyridine rings is 1. The first-order chi connectivity index (χ1) is 8.56. The van der Waals surface area contributed by atoms with Crippen LogP contribution in [0.25, 0.3) is 0 Å². The standard InChI is InChI=1S/C16H20N2/c1-11-5-7-15(13(3)8-11)16(17)9-14-6-4-12(2)10-18-14/h4-8,10,16H,9,17H2,1-3H3. The number of hydrogen-bond donors (Lipinski definition) is 1. The van der Waals surface area contributed by atoms with Gasteiger partial charge in [-0.2, -0.15) is 0 Å². The zero-order valence-corrected chi connectivity index (χ0v) is 11.3. The predicted molar refractivity (Wildman–Crippen MR) is 75.5 cm³/mol. The molecule has 1 atom stereocenters. The van der Waals surface area contributed by atoms with Crippen LogP contribution in [0.5, 0.6) is 0 Å². The van der Waals surface area contributed by atoms with Crippen molar-refractivity contribution in [2.75, 3.05) is 0 Å². The van der Waals surface area contributed by atoms with Gasteiger partial charge in [0.05, 0.1) is 0 Å². The SMILES string of the molecule is Cc1ccc(CC(N)c2ccc(C)cc2C)nc1. The van der Waals surface area contributed by atoms with Crippen molar-refractivity contribution in [2.24, 2.45) is 5.73 Å². The highest BCUT2D eigenvalue weighted by atomic mass is 14.7. The molecule has 2 heteroatoms. The van der Waals surface area contributed by atoms with Crippen molar-refractivity contribution < 1.29 is 0 Å². The third-order valence-electron chi connectivity index (χ3n) is 3.23.